The molecular weight excluding hydrogens is 238 g/mol. The van der Waals surface area contributed by atoms with Crippen molar-refractivity contribution in [3.05, 3.63) is 29.8 Å². The maximum absolute atomic E-state index is 11.9. The molecule has 4 nitrogen and oxygen atoms in total. The maximum atomic E-state index is 11.9. The Morgan fingerprint density at radius 1 is 1.21 bits per heavy atom. The van der Waals surface area contributed by atoms with E-state index < -0.39 is 0 Å². The van der Waals surface area contributed by atoms with Crippen LogP contribution in [-0.4, -0.2) is 44.5 Å². The van der Waals surface area contributed by atoms with Gasteiger partial charge >= 0.3 is 0 Å². The van der Waals surface area contributed by atoms with Crippen LogP contribution in [0.2, 0.25) is 0 Å². The zero-order chi connectivity index (χ0) is 14.3. The minimum absolute atomic E-state index is 0.125. The Bertz CT molecular complexity index is 404. The van der Waals surface area contributed by atoms with E-state index in [-0.39, 0.29) is 5.91 Å². The van der Waals surface area contributed by atoms with Crippen molar-refractivity contribution in [3.63, 3.8) is 0 Å². The average Bonchev–Trinajstić information content (AvgIpc) is 2.42. The third-order valence-electron chi connectivity index (χ3n) is 3.10. The molecule has 0 saturated heterocycles. The van der Waals surface area contributed by atoms with E-state index in [4.69, 9.17) is 0 Å². The van der Waals surface area contributed by atoms with Crippen LogP contribution >= 0.6 is 0 Å². The monoisotopic (exact) mass is 263 g/mol. The van der Waals surface area contributed by atoms with E-state index in [1.54, 1.807) is 19.0 Å². The van der Waals surface area contributed by atoms with E-state index >= 15 is 0 Å². The summed E-state index contributed by atoms with van der Waals surface area (Å²) in [5.41, 5.74) is 2.37. The van der Waals surface area contributed by atoms with Gasteiger partial charge in [0.25, 0.3) is 0 Å². The second-order valence-electron chi connectivity index (χ2n) is 4.71. The van der Waals surface area contributed by atoms with Gasteiger partial charge in [0.05, 0.1) is 6.54 Å². The van der Waals surface area contributed by atoms with E-state index in [9.17, 15) is 4.79 Å². The molecule has 0 aliphatic carbocycles. The van der Waals surface area contributed by atoms with Crippen molar-refractivity contribution < 1.29 is 4.79 Å². The first-order valence-corrected chi connectivity index (χ1v) is 6.83. The first-order chi connectivity index (χ1) is 9.10. The van der Waals surface area contributed by atoms with Crippen LogP contribution in [0, 0.1) is 0 Å². The van der Waals surface area contributed by atoms with Crippen LogP contribution in [-0.2, 0) is 11.3 Å². The van der Waals surface area contributed by atoms with Crippen LogP contribution in [0.4, 0.5) is 5.69 Å². The molecule has 0 aliphatic heterocycles. The van der Waals surface area contributed by atoms with Gasteiger partial charge in [-0.15, -0.1) is 0 Å². The highest BCUT2D eigenvalue weighted by atomic mass is 16.2. The van der Waals surface area contributed by atoms with Crippen molar-refractivity contribution in [1.29, 1.82) is 0 Å². The van der Waals surface area contributed by atoms with Gasteiger partial charge in [0.2, 0.25) is 5.91 Å². The lowest BCUT2D eigenvalue weighted by Gasteiger charge is -2.26. The number of benzene rings is 1. The Hall–Kier alpha value is -1.55. The van der Waals surface area contributed by atoms with Crippen LogP contribution in [0.25, 0.3) is 0 Å². The second-order valence-corrected chi connectivity index (χ2v) is 4.71. The van der Waals surface area contributed by atoms with Crippen molar-refractivity contribution >= 4 is 11.6 Å². The number of para-hydroxylation sites is 1. The standard InChI is InChI=1S/C15H25N3O/c1-5-16-11-13-9-7-8-10-14(13)18(6-2)12-15(19)17(3)4/h7-10,16H,5-6,11-12H2,1-4H3. The summed E-state index contributed by atoms with van der Waals surface area (Å²) in [4.78, 5) is 15.6. The number of anilines is 1. The molecule has 0 fully saturated rings. The third-order valence-corrected chi connectivity index (χ3v) is 3.10. The lowest BCUT2D eigenvalue weighted by molar-refractivity contribution is -0.127. The fourth-order valence-electron chi connectivity index (χ4n) is 1.90. The Morgan fingerprint density at radius 3 is 2.47 bits per heavy atom. The van der Waals surface area contributed by atoms with E-state index in [1.807, 2.05) is 12.1 Å². The first-order valence-electron chi connectivity index (χ1n) is 6.83. The Morgan fingerprint density at radius 2 is 1.89 bits per heavy atom. The molecule has 0 atom stereocenters. The summed E-state index contributed by atoms with van der Waals surface area (Å²) in [5.74, 6) is 0.125. The van der Waals surface area contributed by atoms with Gasteiger partial charge in [0, 0.05) is 32.9 Å². The highest BCUT2D eigenvalue weighted by Crippen LogP contribution is 2.20. The quantitative estimate of drug-likeness (QED) is 0.813. The van der Waals surface area contributed by atoms with Gasteiger partial charge in [0.1, 0.15) is 0 Å². The van der Waals surface area contributed by atoms with Crippen molar-refractivity contribution in [2.75, 3.05) is 38.6 Å². The topological polar surface area (TPSA) is 35.6 Å². The van der Waals surface area contributed by atoms with E-state index in [1.165, 1.54) is 5.56 Å². The van der Waals surface area contributed by atoms with Crippen LogP contribution in [0.3, 0.4) is 0 Å². The number of hydrogen-bond donors (Lipinski definition) is 1. The second kappa shape index (κ2) is 7.79. The smallest absolute Gasteiger partial charge is 0.241 e. The summed E-state index contributed by atoms with van der Waals surface area (Å²) in [7, 11) is 3.58. The lowest BCUT2D eigenvalue weighted by atomic mass is 10.1. The molecular formula is C15H25N3O. The molecule has 4 heteroatoms. The van der Waals surface area contributed by atoms with E-state index in [0.29, 0.717) is 6.54 Å². The van der Waals surface area contributed by atoms with Crippen LogP contribution in [0.15, 0.2) is 24.3 Å². The molecule has 1 amide bonds. The zero-order valence-electron chi connectivity index (χ0n) is 12.4. The molecule has 0 spiro atoms. The van der Waals surface area contributed by atoms with E-state index in [0.717, 1.165) is 25.3 Å². The van der Waals surface area contributed by atoms with Gasteiger partial charge in [-0.1, -0.05) is 25.1 Å². The molecule has 1 aromatic carbocycles. The molecule has 0 bridgehead atoms. The average molecular weight is 263 g/mol. The van der Waals surface area contributed by atoms with Gasteiger partial charge in [-0.2, -0.15) is 0 Å². The first kappa shape index (κ1) is 15.5. The molecule has 1 rings (SSSR count). The molecule has 1 N–H and O–H groups in total. The molecule has 0 aromatic heterocycles. The fraction of sp³-hybridized carbons (Fsp3) is 0.533. The highest BCUT2D eigenvalue weighted by Gasteiger charge is 2.14. The number of carbonyl (C=O) groups is 1. The largest absolute Gasteiger partial charge is 0.362 e. The highest BCUT2D eigenvalue weighted by molar-refractivity contribution is 5.81. The van der Waals surface area contributed by atoms with Crippen molar-refractivity contribution in [2.24, 2.45) is 0 Å². The van der Waals surface area contributed by atoms with Gasteiger partial charge in [-0.25, -0.2) is 0 Å². The van der Waals surface area contributed by atoms with Gasteiger partial charge < -0.3 is 15.1 Å². The number of amides is 1. The molecule has 0 unspecified atom stereocenters. The number of likely N-dealkylation sites (N-methyl/N-ethyl adjacent to an activating group) is 2. The number of nitrogens with one attached hydrogen (secondary N) is 1. The summed E-state index contributed by atoms with van der Waals surface area (Å²) in [6.07, 6.45) is 0. The molecule has 19 heavy (non-hydrogen) atoms. The molecule has 106 valence electrons. The molecule has 0 radical (unpaired) electrons. The third kappa shape index (κ3) is 4.56. The van der Waals surface area contributed by atoms with Gasteiger partial charge in [-0.3, -0.25) is 4.79 Å². The molecule has 0 heterocycles. The summed E-state index contributed by atoms with van der Waals surface area (Å²) in [6.45, 7) is 7.19. The number of nitrogens with zero attached hydrogens (tertiary/aromatic N) is 2. The normalized spacial score (nSPS) is 10.3. The Labute approximate surface area is 116 Å². The fourth-order valence-corrected chi connectivity index (χ4v) is 1.90. The van der Waals surface area contributed by atoms with Crippen molar-refractivity contribution in [1.82, 2.24) is 10.2 Å². The van der Waals surface area contributed by atoms with Gasteiger partial charge in [0.15, 0.2) is 0 Å². The van der Waals surface area contributed by atoms with Crippen molar-refractivity contribution in [2.45, 2.75) is 20.4 Å². The SMILES string of the molecule is CCNCc1ccccc1N(CC)CC(=O)N(C)C. The Kier molecular flexibility index (Phi) is 6.36. The van der Waals surface area contributed by atoms with Crippen molar-refractivity contribution in [3.8, 4) is 0 Å². The minimum atomic E-state index is 0.125. The molecule has 1 aromatic rings. The predicted octanol–water partition coefficient (Wildman–Crippen LogP) is 1.71. The Balaban J connectivity index is 2.88. The summed E-state index contributed by atoms with van der Waals surface area (Å²) in [6, 6.07) is 8.26. The van der Waals surface area contributed by atoms with E-state index in [2.05, 4.69) is 36.2 Å². The van der Waals surface area contributed by atoms with Gasteiger partial charge in [-0.05, 0) is 25.1 Å². The zero-order valence-corrected chi connectivity index (χ0v) is 12.4. The van der Waals surface area contributed by atoms with Crippen LogP contribution in [0.1, 0.15) is 19.4 Å². The molecule has 0 aliphatic rings. The molecule has 0 saturated carbocycles. The number of rotatable bonds is 7. The number of hydrogen-bond acceptors (Lipinski definition) is 3. The summed E-state index contributed by atoms with van der Waals surface area (Å²) >= 11 is 0. The minimum Gasteiger partial charge on any atom is -0.362 e. The van der Waals surface area contributed by atoms with Crippen LogP contribution < -0.4 is 10.2 Å². The summed E-state index contributed by atoms with van der Waals surface area (Å²) in [5, 5.41) is 3.34. The number of carbonyl (C=O) groups excluding carboxylic acids is 1. The maximum Gasteiger partial charge on any atom is 0.241 e. The predicted molar refractivity (Wildman–Crippen MR) is 80.4 cm³/mol. The summed E-state index contributed by atoms with van der Waals surface area (Å²) < 4.78 is 0. The lowest BCUT2D eigenvalue weighted by Crippen LogP contribution is -2.37. The van der Waals surface area contributed by atoms with Crippen LogP contribution in [0.5, 0.6) is 0 Å².